The zero-order chi connectivity index (χ0) is 0. The molecule has 8 heteroatoms. The van der Waals surface area contributed by atoms with Gasteiger partial charge in [-0.3, -0.25) is 0 Å². The molecule has 0 saturated heterocycles. The van der Waals surface area contributed by atoms with Crippen molar-refractivity contribution in [3.05, 3.63) is 0 Å². The fraction of sp³-hybridized carbons (Fsp3) is 0. The largest absolute Gasteiger partial charge is 3.00 e. The van der Waals surface area contributed by atoms with Crippen LogP contribution >= 0.6 is 13.5 Å². The van der Waals surface area contributed by atoms with Gasteiger partial charge in [0.15, 0.2) is 0 Å². The Morgan fingerprint density at radius 3 is 0.625 bits per heavy atom. The molecule has 0 atom stereocenters. The fourth-order valence-corrected chi connectivity index (χ4v) is 0. The average molecular weight is 645 g/mol. The first-order chi connectivity index (χ1) is 0. The molecule has 0 aromatic carbocycles. The van der Waals surface area contributed by atoms with E-state index in [-0.39, 0.29) is 155 Å². The van der Waals surface area contributed by atoms with Gasteiger partial charge in [0.1, 0.15) is 0 Å². The maximum Gasteiger partial charge on any atom is 3.00 e. The molecule has 2 radical (unpaired) electrons. The molecule has 0 fully saturated rings. The second-order valence-electron chi connectivity index (χ2n) is 0. The number of hydrogen-bond acceptors (Lipinski definition) is 0. The van der Waals surface area contributed by atoms with Crippen molar-refractivity contribution in [3.8, 4) is 0 Å². The summed E-state index contributed by atoms with van der Waals surface area (Å²) in [5.74, 6) is 0. The van der Waals surface area contributed by atoms with Gasteiger partial charge >= 0.3 is 72.9 Å². The molecule has 0 rings (SSSR count). The van der Waals surface area contributed by atoms with Gasteiger partial charge in [0, 0.05) is 13.5 Å². The summed E-state index contributed by atoms with van der Waals surface area (Å²) in [5, 5.41) is 0. The Balaban J connectivity index is 0. The van der Waals surface area contributed by atoms with E-state index >= 15 is 0 Å². The van der Waals surface area contributed by atoms with Crippen molar-refractivity contribution in [2.75, 3.05) is 0 Å². The quantitative estimate of drug-likeness (QED) is 0.278. The zero-order valence-corrected chi connectivity index (χ0v) is 21.3. The summed E-state index contributed by atoms with van der Waals surface area (Å²) in [6, 6.07) is 0. The van der Waals surface area contributed by atoms with Gasteiger partial charge in [-0.2, -0.15) is 0 Å². The standard InChI is InChI=1S/Cd.Ga.In.S.4Se/q+2;2*+3;;4*-2. The van der Waals surface area contributed by atoms with Crippen molar-refractivity contribution in [1.29, 1.82) is 0 Å². The molecule has 8 heavy (non-hydrogen) atoms. The van der Waals surface area contributed by atoms with E-state index in [4.69, 9.17) is 0 Å². The summed E-state index contributed by atoms with van der Waals surface area (Å²) in [5.41, 5.74) is 0. The molecule has 0 amide bonds. The molecule has 0 aromatic heterocycles. The summed E-state index contributed by atoms with van der Waals surface area (Å²) < 4.78 is 0. The van der Waals surface area contributed by atoms with Gasteiger partial charge in [-0.25, -0.2) is 0 Å². The van der Waals surface area contributed by atoms with Crippen LogP contribution in [0.15, 0.2) is 0 Å². The zero-order valence-electron chi connectivity index (χ0n) is 3.90. The van der Waals surface area contributed by atoms with E-state index in [0.717, 1.165) is 0 Å². The third kappa shape index (κ3) is 44.7. The Morgan fingerprint density at radius 1 is 0.625 bits per heavy atom. The summed E-state index contributed by atoms with van der Waals surface area (Å²) in [7, 11) is 0. The van der Waals surface area contributed by atoms with Crippen LogP contribution in [0.25, 0.3) is 0 Å². The molecule has 0 nitrogen and oxygen atoms in total. The molecule has 0 saturated carbocycles. The Bertz CT molecular complexity index is 16.0. The number of rotatable bonds is 0. The third-order valence-electron chi connectivity index (χ3n) is 0. The van der Waals surface area contributed by atoms with Crippen LogP contribution in [-0.2, 0) is 27.3 Å². The van der Waals surface area contributed by atoms with Crippen molar-refractivity contribution in [2.45, 2.75) is 0 Å². The molecule has 38 valence electrons. The van der Waals surface area contributed by atoms with E-state index in [9.17, 15) is 0 Å². The van der Waals surface area contributed by atoms with Crippen LogP contribution in [0.3, 0.4) is 0 Å². The SMILES string of the molecule is [Cd+2].[Ga+3].[In+3].[S].[Se-2].[Se-2].[Se-2].[Se-2]. The average Bonchev–Trinajstić information content (AvgIpc) is 0. The first kappa shape index (κ1) is 76.6. The van der Waals surface area contributed by atoms with E-state index in [0.29, 0.717) is 0 Å². The van der Waals surface area contributed by atoms with E-state index in [1.807, 2.05) is 0 Å². The van der Waals surface area contributed by atoms with Gasteiger partial charge in [-0.05, 0) is 0 Å². The Labute approximate surface area is 151 Å². The second kappa shape index (κ2) is 59.3. The first-order valence-electron chi connectivity index (χ1n) is 0. The summed E-state index contributed by atoms with van der Waals surface area (Å²) in [6.07, 6.45) is 0. The predicted octanol–water partition coefficient (Wildman–Crippen LogP) is -1.64. The minimum Gasteiger partial charge on any atom is -2.00 e. The second-order valence-corrected chi connectivity index (χ2v) is 0. The van der Waals surface area contributed by atoms with Gasteiger partial charge in [-0.1, -0.05) is 0 Å². The van der Waals surface area contributed by atoms with Crippen LogP contribution in [0.5, 0.6) is 0 Å². The van der Waals surface area contributed by atoms with Gasteiger partial charge in [0.2, 0.25) is 0 Å². The molecular formula is CdGaInSSe4. The summed E-state index contributed by atoms with van der Waals surface area (Å²) in [6.45, 7) is 0. The van der Waals surface area contributed by atoms with E-state index < -0.39 is 0 Å². The smallest absolute Gasteiger partial charge is 2.00 e. The van der Waals surface area contributed by atoms with Crippen LogP contribution in [0.2, 0.25) is 0 Å². The monoisotopic (exact) mass is 649 g/mol. The van der Waals surface area contributed by atoms with Crippen LogP contribution in [0.4, 0.5) is 0 Å². The Morgan fingerprint density at radius 2 is 0.625 bits per heavy atom. The third-order valence-corrected chi connectivity index (χ3v) is 0. The van der Waals surface area contributed by atoms with Crippen molar-refractivity contribution in [1.82, 2.24) is 0 Å². The maximum atomic E-state index is 0. The predicted molar refractivity (Wildman–Crippen MR) is 42.1 cm³/mol. The Hall–Kier alpha value is 4.86. The van der Waals surface area contributed by atoms with Crippen LogP contribution in [-0.4, -0.2) is 114 Å². The molecule has 0 aliphatic rings. The molecule has 0 spiro atoms. The Kier molecular flexibility index (Phi) is 568. The summed E-state index contributed by atoms with van der Waals surface area (Å²) in [4.78, 5) is 0. The van der Waals surface area contributed by atoms with E-state index in [1.54, 1.807) is 0 Å². The first-order valence-corrected chi connectivity index (χ1v) is 0. The normalized spacial score (nSPS) is 0. The fourth-order valence-electron chi connectivity index (χ4n) is 0. The van der Waals surface area contributed by atoms with E-state index in [1.165, 1.54) is 0 Å². The molecule has 0 aliphatic heterocycles. The number of hydrogen-bond donors (Lipinski definition) is 0. The van der Waals surface area contributed by atoms with Crippen molar-refractivity contribution in [3.63, 3.8) is 0 Å². The molecule has 0 unspecified atom stereocenters. The molecule has 0 aromatic rings. The van der Waals surface area contributed by atoms with Gasteiger partial charge in [-0.15, -0.1) is 0 Å². The van der Waals surface area contributed by atoms with Crippen LogP contribution < -0.4 is 0 Å². The molecule has 0 bridgehead atoms. The van der Waals surface area contributed by atoms with Gasteiger partial charge in [0.05, 0.1) is 0 Å². The van der Waals surface area contributed by atoms with Crippen LogP contribution in [0, 0.1) is 0 Å². The van der Waals surface area contributed by atoms with Crippen LogP contribution in [0.1, 0.15) is 0 Å². The van der Waals surface area contributed by atoms with Crippen molar-refractivity contribution in [2.24, 2.45) is 0 Å². The minimum atomic E-state index is 0. The van der Waals surface area contributed by atoms with Gasteiger partial charge < -0.3 is 68.3 Å². The topological polar surface area (TPSA) is 0 Å². The van der Waals surface area contributed by atoms with E-state index in [2.05, 4.69) is 0 Å². The maximum absolute atomic E-state index is 0. The summed E-state index contributed by atoms with van der Waals surface area (Å²) >= 11 is 0. The molecular weight excluding hydrogens is 645 g/mol. The van der Waals surface area contributed by atoms with Crippen molar-refractivity contribution < 1.29 is 27.3 Å². The molecule has 0 aliphatic carbocycles. The van der Waals surface area contributed by atoms with Crippen molar-refractivity contribution >= 4 is 127 Å². The minimum absolute atomic E-state index is 0. The van der Waals surface area contributed by atoms with Gasteiger partial charge in [0.25, 0.3) is 0 Å². The molecule has 0 N–H and O–H groups in total. The molecule has 0 heterocycles.